The maximum atomic E-state index is 12.2. The zero-order valence-electron chi connectivity index (χ0n) is 12.3. The van der Waals surface area contributed by atoms with E-state index in [1.807, 2.05) is 13.8 Å². The molecule has 0 saturated carbocycles. The summed E-state index contributed by atoms with van der Waals surface area (Å²) in [4.78, 5) is 38.2. The van der Waals surface area contributed by atoms with E-state index in [1.165, 1.54) is 0 Å². The van der Waals surface area contributed by atoms with Crippen molar-refractivity contribution in [3.8, 4) is 0 Å². The smallest absolute Gasteiger partial charge is 0.326 e. The summed E-state index contributed by atoms with van der Waals surface area (Å²) in [6, 6.07) is -1.37. The Morgan fingerprint density at radius 3 is 2.76 bits per heavy atom. The van der Waals surface area contributed by atoms with Crippen LogP contribution in [0.3, 0.4) is 0 Å². The number of fused-ring (bicyclic) bond motifs is 1. The third-order valence-electron chi connectivity index (χ3n) is 3.82. The third kappa shape index (κ3) is 3.56. The standard InChI is InChI=1S/C13H22N4O4/c1-8(2)5-10(11(18)19)15-13(21)16-3-4-17-9(7-16)6-14-12(17)20/h8-10H,3-7H2,1-2H3,(H,14,20)(H,15,21)(H,18,19)/t9?,10-/m1/s1. The number of rotatable bonds is 4. The Labute approximate surface area is 123 Å². The van der Waals surface area contributed by atoms with Crippen molar-refractivity contribution >= 4 is 18.0 Å². The van der Waals surface area contributed by atoms with Gasteiger partial charge in [-0.3, -0.25) is 0 Å². The molecule has 0 aromatic heterocycles. The molecule has 1 unspecified atom stereocenters. The fourth-order valence-corrected chi connectivity index (χ4v) is 2.72. The van der Waals surface area contributed by atoms with Crippen LogP contribution < -0.4 is 10.6 Å². The number of urea groups is 2. The van der Waals surface area contributed by atoms with Gasteiger partial charge in [0.15, 0.2) is 0 Å². The molecule has 2 fully saturated rings. The van der Waals surface area contributed by atoms with Gasteiger partial charge in [0.1, 0.15) is 6.04 Å². The number of carbonyl (C=O) groups excluding carboxylic acids is 2. The molecule has 2 saturated heterocycles. The molecule has 8 heteroatoms. The number of amides is 4. The normalized spacial score (nSPS) is 22.8. The van der Waals surface area contributed by atoms with Gasteiger partial charge in [-0.25, -0.2) is 14.4 Å². The molecule has 4 amide bonds. The highest BCUT2D eigenvalue weighted by atomic mass is 16.4. The Bertz CT molecular complexity index is 440. The molecule has 0 spiro atoms. The van der Waals surface area contributed by atoms with Gasteiger partial charge in [-0.15, -0.1) is 0 Å². The lowest BCUT2D eigenvalue weighted by atomic mass is 10.0. The number of nitrogens with zero attached hydrogens (tertiary/aromatic N) is 2. The topological polar surface area (TPSA) is 102 Å². The SMILES string of the molecule is CC(C)C[C@@H](NC(=O)N1CCN2C(=O)NCC2C1)C(=O)O. The van der Waals surface area contributed by atoms with Crippen LogP contribution in [-0.2, 0) is 4.79 Å². The van der Waals surface area contributed by atoms with E-state index in [0.717, 1.165) is 0 Å². The van der Waals surface area contributed by atoms with Crippen molar-refractivity contribution in [2.45, 2.75) is 32.4 Å². The van der Waals surface area contributed by atoms with Crippen molar-refractivity contribution in [1.29, 1.82) is 0 Å². The van der Waals surface area contributed by atoms with E-state index >= 15 is 0 Å². The molecule has 2 atom stereocenters. The maximum absolute atomic E-state index is 12.2. The van der Waals surface area contributed by atoms with E-state index in [-0.39, 0.29) is 24.0 Å². The Kier molecular flexibility index (Phi) is 4.54. The average molecular weight is 298 g/mol. The molecule has 2 aliphatic heterocycles. The number of carboxylic acid groups (broad SMARTS) is 1. The number of carbonyl (C=O) groups is 3. The van der Waals surface area contributed by atoms with Gasteiger partial charge in [0.25, 0.3) is 0 Å². The van der Waals surface area contributed by atoms with E-state index < -0.39 is 12.0 Å². The van der Waals surface area contributed by atoms with E-state index in [4.69, 9.17) is 5.11 Å². The van der Waals surface area contributed by atoms with Gasteiger partial charge >= 0.3 is 18.0 Å². The monoisotopic (exact) mass is 298 g/mol. The Hall–Kier alpha value is -1.99. The predicted molar refractivity (Wildman–Crippen MR) is 74.9 cm³/mol. The van der Waals surface area contributed by atoms with Gasteiger partial charge in [0, 0.05) is 26.2 Å². The fourth-order valence-electron chi connectivity index (χ4n) is 2.72. The van der Waals surface area contributed by atoms with Crippen LogP contribution in [0.25, 0.3) is 0 Å². The van der Waals surface area contributed by atoms with Crippen molar-refractivity contribution in [1.82, 2.24) is 20.4 Å². The van der Waals surface area contributed by atoms with Gasteiger partial charge < -0.3 is 25.5 Å². The highest BCUT2D eigenvalue weighted by Crippen LogP contribution is 2.14. The summed E-state index contributed by atoms with van der Waals surface area (Å²) in [5.41, 5.74) is 0. The minimum Gasteiger partial charge on any atom is -0.480 e. The quantitative estimate of drug-likeness (QED) is 0.674. The van der Waals surface area contributed by atoms with Gasteiger partial charge in [-0.1, -0.05) is 13.8 Å². The van der Waals surface area contributed by atoms with Gasteiger partial charge in [0.05, 0.1) is 6.04 Å². The number of carboxylic acids is 1. The number of hydrogen-bond donors (Lipinski definition) is 3. The first-order valence-electron chi connectivity index (χ1n) is 7.21. The van der Waals surface area contributed by atoms with E-state index in [2.05, 4.69) is 10.6 Å². The molecule has 2 aliphatic rings. The number of aliphatic carboxylic acids is 1. The second kappa shape index (κ2) is 6.19. The predicted octanol–water partition coefficient (Wildman–Crippen LogP) is -0.0953. The highest BCUT2D eigenvalue weighted by molar-refractivity contribution is 5.83. The highest BCUT2D eigenvalue weighted by Gasteiger charge is 2.37. The van der Waals surface area contributed by atoms with Crippen LogP contribution in [0.4, 0.5) is 9.59 Å². The zero-order chi connectivity index (χ0) is 15.6. The summed E-state index contributed by atoms with van der Waals surface area (Å²) in [5.74, 6) is -0.840. The summed E-state index contributed by atoms with van der Waals surface area (Å²) < 4.78 is 0. The number of piperazine rings is 1. The minimum atomic E-state index is -1.02. The molecule has 0 radical (unpaired) electrons. The van der Waals surface area contributed by atoms with Crippen LogP contribution in [-0.4, -0.2) is 71.2 Å². The number of hydrogen-bond acceptors (Lipinski definition) is 3. The summed E-state index contributed by atoms with van der Waals surface area (Å²) in [7, 11) is 0. The molecule has 2 heterocycles. The van der Waals surface area contributed by atoms with Crippen molar-refractivity contribution in [3.63, 3.8) is 0 Å². The molecule has 2 rings (SSSR count). The first kappa shape index (κ1) is 15.4. The van der Waals surface area contributed by atoms with Gasteiger partial charge in [-0.05, 0) is 12.3 Å². The molecule has 0 bridgehead atoms. The van der Waals surface area contributed by atoms with Crippen LogP contribution in [0.15, 0.2) is 0 Å². The second-order valence-electron chi connectivity index (χ2n) is 5.95. The van der Waals surface area contributed by atoms with Crippen LogP contribution in [0, 0.1) is 5.92 Å². The van der Waals surface area contributed by atoms with Gasteiger partial charge in [-0.2, -0.15) is 0 Å². The molecule has 118 valence electrons. The Morgan fingerprint density at radius 2 is 2.14 bits per heavy atom. The fraction of sp³-hybridized carbons (Fsp3) is 0.769. The Balaban J connectivity index is 1.91. The van der Waals surface area contributed by atoms with Crippen LogP contribution in [0.5, 0.6) is 0 Å². The lowest BCUT2D eigenvalue weighted by Gasteiger charge is -2.36. The summed E-state index contributed by atoms with van der Waals surface area (Å²) in [6.45, 7) is 5.68. The number of nitrogens with one attached hydrogen (secondary N) is 2. The van der Waals surface area contributed by atoms with Crippen LogP contribution >= 0.6 is 0 Å². The first-order valence-corrected chi connectivity index (χ1v) is 7.21. The average Bonchev–Trinajstić information content (AvgIpc) is 2.78. The van der Waals surface area contributed by atoms with Crippen molar-refractivity contribution in [2.24, 2.45) is 5.92 Å². The Morgan fingerprint density at radius 1 is 1.43 bits per heavy atom. The third-order valence-corrected chi connectivity index (χ3v) is 3.82. The molecular formula is C13H22N4O4. The van der Waals surface area contributed by atoms with Gasteiger partial charge in [0.2, 0.25) is 0 Å². The maximum Gasteiger partial charge on any atom is 0.326 e. The molecule has 0 aromatic carbocycles. The first-order chi connectivity index (χ1) is 9.88. The van der Waals surface area contributed by atoms with E-state index in [0.29, 0.717) is 32.6 Å². The lowest BCUT2D eigenvalue weighted by molar-refractivity contribution is -0.139. The molecule has 21 heavy (non-hydrogen) atoms. The summed E-state index contributed by atoms with van der Waals surface area (Å²) >= 11 is 0. The largest absolute Gasteiger partial charge is 0.480 e. The molecule has 3 N–H and O–H groups in total. The molecule has 0 aliphatic carbocycles. The summed E-state index contributed by atoms with van der Waals surface area (Å²) in [6.07, 6.45) is 0.393. The van der Waals surface area contributed by atoms with Crippen molar-refractivity contribution < 1.29 is 19.5 Å². The second-order valence-corrected chi connectivity index (χ2v) is 5.95. The molecular weight excluding hydrogens is 276 g/mol. The van der Waals surface area contributed by atoms with Crippen LogP contribution in [0.2, 0.25) is 0 Å². The zero-order valence-corrected chi connectivity index (χ0v) is 12.3. The lowest BCUT2D eigenvalue weighted by Crippen LogP contribution is -2.57. The van der Waals surface area contributed by atoms with E-state index in [1.54, 1.807) is 9.80 Å². The molecule has 0 aromatic rings. The van der Waals surface area contributed by atoms with E-state index in [9.17, 15) is 14.4 Å². The van der Waals surface area contributed by atoms with Crippen molar-refractivity contribution in [3.05, 3.63) is 0 Å². The van der Waals surface area contributed by atoms with Crippen molar-refractivity contribution in [2.75, 3.05) is 26.2 Å². The van der Waals surface area contributed by atoms with Crippen LogP contribution in [0.1, 0.15) is 20.3 Å². The summed E-state index contributed by atoms with van der Waals surface area (Å²) in [5, 5.41) is 14.5. The molecule has 8 nitrogen and oxygen atoms in total. The minimum absolute atomic E-state index is 0.0228.